The fourth-order valence-electron chi connectivity index (χ4n) is 15.1. The van der Waals surface area contributed by atoms with Gasteiger partial charge in [0, 0.05) is 112 Å². The van der Waals surface area contributed by atoms with Crippen LogP contribution >= 0.6 is 0 Å². The van der Waals surface area contributed by atoms with Crippen molar-refractivity contribution in [1.82, 2.24) is 59.5 Å². The van der Waals surface area contributed by atoms with Crippen molar-refractivity contribution in [2.45, 2.75) is 164 Å². The number of rotatable bonds is 48. The van der Waals surface area contributed by atoms with E-state index in [0.29, 0.717) is 148 Å². The molecule has 7 N–H and O–H groups in total. The standard InChI is InChI=1S/C47H52N6O11.C26H35N3O9.C19H17N5O3.C2HF3O2.2CH4/c1-30-42(31(2)64-51-30)32-12-14-33(15-13-32)44-37(52-21-20-48-28-40(52)49-44)17-16-34(54)8-3-5-22-60-24-26-62-27-25-61-23-6-4-9-35(55)29-63-39-11-7-10-36-43(39)47(59)53(46(36)58)38-18-19-41(56)50-45(38)57;27-10-4-12-36-14-16-37-15-13-35-11-2-1-5-18(30)17-38-21-7-3-6-19-23(21)26(34)29(25(19)33)20-8-9-22(31)28-24(20)32;1-11-17(12(2)27-23-11)13-3-5-14(6-4-13)18-19(21-10-16(25)26)24-8-7-20-9-15(24)22-18;3-2(4,5)1(6)7;;/h7,10-15,20-21,28,38H,3-6,8-9,16-19,22-27,29H2,1-2H3,(H,50,56,57);3,6-7,20H,1-2,4-5,8-17,27H2,(H,28,31,32);3-9,21H,10H2,1-2H3,(H,25,26);(H,6,7);2*1H4. The summed E-state index contributed by atoms with van der Waals surface area (Å²) in [5.41, 5.74) is 16.9. The Kier molecular flexibility index (Phi) is 41.2. The quantitative estimate of drug-likeness (QED) is 0.0152. The number of nitrogens with two attached hydrogens (primary N) is 1. The van der Waals surface area contributed by atoms with Crippen LogP contribution in [0.2, 0.25) is 0 Å². The van der Waals surface area contributed by atoms with Gasteiger partial charge in [0.25, 0.3) is 23.6 Å². The van der Waals surface area contributed by atoms with Crippen LogP contribution in [0, 0.1) is 27.7 Å². The first-order valence-electron chi connectivity index (χ1n) is 44.2. The van der Waals surface area contributed by atoms with E-state index < -0.39 is 77.5 Å². The SMILES string of the molecule is C.C.Cc1noc(C)c1-c1ccc(-c2nc3cnccn3c2CCC(=O)CCCCOCCOCCOCCCCC(=O)COc2cccc3c2C(=O)N(C2CCC(=O)NC2=O)C3=O)cc1.Cc1noc(C)c1-c1ccc(-c2nc3cnccn3c2NCC(=O)O)cc1.NCCCOCCOCCOCCCCC(=O)COc1cccc2c1C(=O)N(C1CCC(=O)NC1=O)C2=O.O=C(O)C(F)(F)F. The first-order chi connectivity index (χ1) is 65.5. The molecule has 6 aromatic heterocycles. The molecule has 0 saturated carbocycles. The lowest BCUT2D eigenvalue weighted by molar-refractivity contribution is -0.192. The van der Waals surface area contributed by atoms with Crippen LogP contribution in [-0.2, 0) is 78.0 Å². The number of aliphatic carboxylic acids is 2. The van der Waals surface area contributed by atoms with Crippen LogP contribution in [0.3, 0.4) is 0 Å². The molecule has 39 nitrogen and oxygen atoms in total. The summed E-state index contributed by atoms with van der Waals surface area (Å²) in [6.45, 7) is 13.3. The Labute approximate surface area is 791 Å². The van der Waals surface area contributed by atoms with Gasteiger partial charge in [0.1, 0.15) is 72.2 Å². The van der Waals surface area contributed by atoms with Crippen LogP contribution < -0.4 is 31.2 Å². The number of ketones is 3. The fraction of sp³-hybridized carbons (Fsp3) is 0.427. The van der Waals surface area contributed by atoms with Gasteiger partial charge < -0.3 is 72.6 Å². The Morgan fingerprint density at radius 3 is 1.27 bits per heavy atom. The second kappa shape index (κ2) is 52.9. The lowest BCUT2D eigenvalue weighted by Gasteiger charge is -2.27. The predicted octanol–water partition coefficient (Wildman–Crippen LogP) is 11.3. The third kappa shape index (κ3) is 29.3. The van der Waals surface area contributed by atoms with Crippen LogP contribution in [0.25, 0.3) is 56.1 Å². The number of carbonyl (C=O) groups excluding carboxylic acids is 11. The third-order valence-electron chi connectivity index (χ3n) is 21.8. The molecule has 10 heterocycles. The van der Waals surface area contributed by atoms with E-state index in [0.717, 1.165) is 102 Å². The number of anilines is 1. The highest BCUT2D eigenvalue weighted by Crippen LogP contribution is 2.39. The lowest BCUT2D eigenvalue weighted by Crippen LogP contribution is -2.54. The summed E-state index contributed by atoms with van der Waals surface area (Å²) in [6.07, 6.45) is 12.3. The molecule has 10 aromatic rings. The summed E-state index contributed by atoms with van der Waals surface area (Å²) in [5, 5.41) is 31.5. The number of piperidine rings is 2. The van der Waals surface area contributed by atoms with Crippen molar-refractivity contribution in [3.63, 3.8) is 0 Å². The zero-order chi connectivity index (χ0) is 97.4. The number of unbranched alkanes of at least 4 members (excludes halogenated alkanes) is 3. The van der Waals surface area contributed by atoms with E-state index >= 15 is 0 Å². The van der Waals surface area contributed by atoms with Crippen LogP contribution in [0.4, 0.5) is 19.0 Å². The Balaban J connectivity index is 0.000000243. The van der Waals surface area contributed by atoms with Crippen LogP contribution in [-0.4, -0.2) is 259 Å². The van der Waals surface area contributed by atoms with Gasteiger partial charge in [-0.05, 0) is 134 Å². The van der Waals surface area contributed by atoms with Crippen molar-refractivity contribution in [3.05, 3.63) is 173 Å². The van der Waals surface area contributed by atoms with Crippen molar-refractivity contribution in [2.75, 3.05) is 111 Å². The van der Waals surface area contributed by atoms with Gasteiger partial charge in [-0.2, -0.15) is 13.2 Å². The number of fused-ring (bicyclic) bond motifs is 4. The molecule has 4 aromatic carbocycles. The average molecular weight is 1920 g/mol. The molecule has 8 amide bonds. The predicted molar refractivity (Wildman–Crippen MR) is 491 cm³/mol. The number of nitrogens with zero attached hydrogens (tertiary/aromatic N) is 10. The number of aryl methyl sites for hydroxylation is 5. The van der Waals surface area contributed by atoms with E-state index in [1.54, 1.807) is 47.5 Å². The van der Waals surface area contributed by atoms with E-state index in [9.17, 15) is 70.7 Å². The van der Waals surface area contributed by atoms with Crippen molar-refractivity contribution in [2.24, 2.45) is 5.73 Å². The van der Waals surface area contributed by atoms with E-state index in [1.807, 2.05) is 86.8 Å². The molecule has 0 aliphatic carbocycles. The summed E-state index contributed by atoms with van der Waals surface area (Å²) >= 11 is 0. The highest BCUT2D eigenvalue weighted by molar-refractivity contribution is 6.25. The van der Waals surface area contributed by atoms with Gasteiger partial charge in [0.05, 0.1) is 110 Å². The molecule has 0 radical (unpaired) electrons. The Morgan fingerprint density at radius 1 is 0.486 bits per heavy atom. The first-order valence-corrected chi connectivity index (χ1v) is 44.2. The molecule has 42 heteroatoms. The molecule has 0 bridgehead atoms. The van der Waals surface area contributed by atoms with E-state index in [2.05, 4.69) is 41.2 Å². The zero-order valence-electron chi connectivity index (χ0n) is 75.3. The average Bonchev–Trinajstić information content (AvgIpc) is 1.61. The molecule has 4 aliphatic heterocycles. The third-order valence-corrected chi connectivity index (χ3v) is 21.8. The van der Waals surface area contributed by atoms with Gasteiger partial charge in [-0.3, -0.25) is 92.3 Å². The molecule has 2 atom stereocenters. The number of aromatic nitrogens is 8. The largest absolute Gasteiger partial charge is 0.490 e. The summed E-state index contributed by atoms with van der Waals surface area (Å²) in [4.78, 5) is 177. The number of amides is 8. The smallest absolute Gasteiger partial charge is 0.485 e. The van der Waals surface area contributed by atoms with Crippen molar-refractivity contribution in [3.8, 4) is 56.3 Å². The van der Waals surface area contributed by atoms with E-state index in [-0.39, 0.29) is 124 Å². The number of benzene rings is 4. The minimum absolute atomic E-state index is 0. The van der Waals surface area contributed by atoms with Crippen molar-refractivity contribution in [1.29, 1.82) is 0 Å². The molecule has 2 fully saturated rings. The number of nitrogens with one attached hydrogen (secondary N) is 3. The fourth-order valence-corrected chi connectivity index (χ4v) is 15.1. The maximum Gasteiger partial charge on any atom is 0.490 e. The van der Waals surface area contributed by atoms with Gasteiger partial charge >= 0.3 is 18.1 Å². The number of imidazole rings is 2. The zero-order valence-corrected chi connectivity index (χ0v) is 75.3. The first kappa shape index (κ1) is 108. The highest BCUT2D eigenvalue weighted by atomic mass is 19.4. The number of ether oxygens (including phenoxy) is 8. The molecule has 2 unspecified atom stereocenters. The Hall–Kier alpha value is -14.0. The minimum atomic E-state index is -5.08. The van der Waals surface area contributed by atoms with Crippen molar-refractivity contribution >= 4 is 93.7 Å². The van der Waals surface area contributed by atoms with Gasteiger partial charge in [-0.25, -0.2) is 14.8 Å². The molecule has 138 heavy (non-hydrogen) atoms. The maximum atomic E-state index is 13.2. The summed E-state index contributed by atoms with van der Waals surface area (Å²) < 4.78 is 90.5. The number of halogens is 3. The van der Waals surface area contributed by atoms with Crippen LogP contribution in [0.1, 0.15) is 181 Å². The lowest BCUT2D eigenvalue weighted by atomic mass is 10.00. The molecule has 14 rings (SSSR count). The number of carboxylic acid groups (broad SMARTS) is 2. The summed E-state index contributed by atoms with van der Waals surface area (Å²) in [5.74, 6) is -6.40. The van der Waals surface area contributed by atoms with Gasteiger partial charge in [0.2, 0.25) is 23.6 Å². The molecule has 738 valence electrons. The number of imide groups is 4. The minimum Gasteiger partial charge on any atom is -0.485 e. The molecular formula is C96H113F3N14O25. The number of hydrogen-bond acceptors (Lipinski definition) is 31. The number of alkyl halides is 3. The molecule has 4 aliphatic rings. The topological polar surface area (TPSA) is 517 Å². The van der Waals surface area contributed by atoms with Crippen molar-refractivity contribution < 1.29 is 133 Å². The highest BCUT2D eigenvalue weighted by Gasteiger charge is 2.48. The van der Waals surface area contributed by atoms with Gasteiger partial charge in [0.15, 0.2) is 22.9 Å². The molecule has 0 spiro atoms. The normalized spacial score (nSPS) is 14.4. The Morgan fingerprint density at radius 2 is 0.870 bits per heavy atom. The van der Waals surface area contributed by atoms with Crippen LogP contribution in [0.15, 0.2) is 131 Å². The second-order valence-corrected chi connectivity index (χ2v) is 31.6. The maximum absolute atomic E-state index is 13.2. The summed E-state index contributed by atoms with van der Waals surface area (Å²) in [6, 6.07) is 22.9. The number of carboxylic acids is 2. The monoisotopic (exact) mass is 1920 g/mol. The number of carbonyl (C=O) groups is 13. The summed E-state index contributed by atoms with van der Waals surface area (Å²) in [7, 11) is 0. The van der Waals surface area contributed by atoms with E-state index in [1.165, 1.54) is 24.3 Å². The second-order valence-electron chi connectivity index (χ2n) is 31.6. The Bertz CT molecular complexity index is 5880. The number of hydrogen-bond donors (Lipinski definition) is 6. The van der Waals surface area contributed by atoms with Gasteiger partial charge in [-0.1, -0.05) is 85.8 Å². The number of Topliss-reactive ketones (excluding diaryl/α,β-unsaturated/α-hetero) is 3. The molecular weight excluding hydrogens is 1810 g/mol. The van der Waals surface area contributed by atoms with Crippen LogP contribution in [0.5, 0.6) is 11.5 Å². The van der Waals surface area contributed by atoms with Gasteiger partial charge in [-0.15, -0.1) is 0 Å². The van der Waals surface area contributed by atoms with E-state index in [4.69, 9.17) is 72.7 Å². The molecule has 2 saturated heterocycles.